The van der Waals surface area contributed by atoms with Crippen LogP contribution in [0.1, 0.15) is 76.4 Å². The largest absolute Gasteiger partial charge is 0.508 e. The van der Waals surface area contributed by atoms with E-state index in [9.17, 15) is 18.7 Å². The molecule has 3 atom stereocenters. The van der Waals surface area contributed by atoms with Gasteiger partial charge in [-0.3, -0.25) is 14.4 Å². The Kier molecular flexibility index (Phi) is 10.1. The van der Waals surface area contributed by atoms with Gasteiger partial charge >= 0.3 is 6.01 Å². The van der Waals surface area contributed by atoms with Crippen LogP contribution in [0.2, 0.25) is 5.02 Å². The number of aryl methyl sites for hydroxylation is 2. The number of ether oxygens (including phenoxy) is 1. The van der Waals surface area contributed by atoms with Crippen molar-refractivity contribution in [3.8, 4) is 11.8 Å². The molecule has 2 saturated heterocycles. The first-order valence-corrected chi connectivity index (χ1v) is 18.7. The standard InChI is InChI=1S/C29H30ClFN6O3S.C7H12FN/c1-4-17-20(31)7-6-15-10-16(38)11-18(24(15)17)23-12-21-19(14-41-23)27(34-29(33-21)40-3)36-8-5-9-37-22(13-36)25(30)26(35-37)28(39)32-2;8-6-4-7-2-1-3-9(7)5-6/h6-7,10-11,23,38H,4-5,8-9,12-14H2,1-3H3,(H,32,39);6-7H,1-5H2. The summed E-state index contributed by atoms with van der Waals surface area (Å²) in [6, 6.07) is 7.51. The van der Waals surface area contributed by atoms with Gasteiger partial charge in [0, 0.05) is 55.7 Å². The number of benzene rings is 2. The predicted molar refractivity (Wildman–Crippen MR) is 192 cm³/mol. The molecule has 0 aliphatic carbocycles. The van der Waals surface area contributed by atoms with E-state index in [1.165, 1.54) is 18.9 Å². The van der Waals surface area contributed by atoms with E-state index in [1.54, 1.807) is 48.8 Å². The Hall–Kier alpha value is -3.68. The van der Waals surface area contributed by atoms with Gasteiger partial charge in [0.2, 0.25) is 0 Å². The zero-order valence-corrected chi connectivity index (χ0v) is 30.1. The number of halogens is 3. The molecule has 2 aromatic heterocycles. The Bertz CT molecular complexity index is 1910. The van der Waals surface area contributed by atoms with Gasteiger partial charge in [-0.1, -0.05) is 24.6 Å². The lowest BCUT2D eigenvalue weighted by Gasteiger charge is -2.30. The van der Waals surface area contributed by atoms with E-state index in [4.69, 9.17) is 26.3 Å². The first kappa shape index (κ1) is 34.8. The van der Waals surface area contributed by atoms with Crippen LogP contribution in [-0.4, -0.2) is 81.7 Å². The van der Waals surface area contributed by atoms with Gasteiger partial charge in [0.15, 0.2) is 5.69 Å². The fraction of sp³-hybridized carbons (Fsp3) is 0.500. The topological polar surface area (TPSA) is 109 Å². The van der Waals surface area contributed by atoms with Crippen LogP contribution in [0.4, 0.5) is 14.6 Å². The van der Waals surface area contributed by atoms with Crippen LogP contribution >= 0.6 is 23.4 Å². The van der Waals surface area contributed by atoms with Gasteiger partial charge in [-0.05, 0) is 78.7 Å². The van der Waals surface area contributed by atoms with E-state index in [2.05, 4.69) is 20.2 Å². The van der Waals surface area contributed by atoms with E-state index in [0.29, 0.717) is 61.4 Å². The number of carbonyl (C=O) groups excluding carboxylic acids is 1. The van der Waals surface area contributed by atoms with E-state index >= 15 is 0 Å². The molecule has 0 radical (unpaired) electrons. The molecule has 6 heterocycles. The molecule has 0 bridgehead atoms. The number of phenols is 1. The summed E-state index contributed by atoms with van der Waals surface area (Å²) in [7, 11) is 3.10. The Morgan fingerprint density at radius 1 is 1.20 bits per heavy atom. The maximum Gasteiger partial charge on any atom is 0.318 e. The number of hydrogen-bond acceptors (Lipinski definition) is 9. The summed E-state index contributed by atoms with van der Waals surface area (Å²) in [5, 5.41) is 19.6. The highest BCUT2D eigenvalue weighted by atomic mass is 35.5. The molecule has 266 valence electrons. The summed E-state index contributed by atoms with van der Waals surface area (Å²) < 4.78 is 34.8. The molecule has 1 amide bonds. The summed E-state index contributed by atoms with van der Waals surface area (Å²) in [6.07, 6.45) is 4.71. The fourth-order valence-corrected chi connectivity index (χ4v) is 9.46. The maximum absolute atomic E-state index is 14.8. The van der Waals surface area contributed by atoms with Crippen molar-refractivity contribution >= 4 is 45.9 Å². The number of nitrogens with zero attached hydrogens (tertiary/aromatic N) is 6. The van der Waals surface area contributed by atoms with Crippen molar-refractivity contribution in [1.29, 1.82) is 0 Å². The lowest BCUT2D eigenvalue weighted by atomic mass is 9.93. The number of amides is 1. The zero-order valence-electron chi connectivity index (χ0n) is 28.5. The molecule has 2 fully saturated rings. The van der Waals surface area contributed by atoms with Crippen LogP contribution in [0, 0.1) is 5.82 Å². The molecule has 8 rings (SSSR count). The van der Waals surface area contributed by atoms with Crippen LogP contribution in [0.3, 0.4) is 0 Å². The summed E-state index contributed by atoms with van der Waals surface area (Å²) in [6.45, 7) is 5.57. The van der Waals surface area contributed by atoms with Gasteiger partial charge < -0.3 is 20.1 Å². The zero-order chi connectivity index (χ0) is 35.1. The number of anilines is 1. The summed E-state index contributed by atoms with van der Waals surface area (Å²) in [4.78, 5) is 26.3. The molecule has 4 aromatic rings. The monoisotopic (exact) mass is 725 g/mol. The molecule has 14 heteroatoms. The number of carbonyl (C=O) groups is 1. The van der Waals surface area contributed by atoms with Crippen LogP contribution in [0.5, 0.6) is 11.8 Å². The lowest BCUT2D eigenvalue weighted by molar-refractivity contribution is 0.0957. The van der Waals surface area contributed by atoms with Crippen LogP contribution in [0.25, 0.3) is 10.8 Å². The van der Waals surface area contributed by atoms with Crippen molar-refractivity contribution < 1.29 is 23.4 Å². The fourth-order valence-electron chi connectivity index (χ4n) is 7.87. The highest BCUT2D eigenvalue weighted by Crippen LogP contribution is 2.47. The molecule has 0 saturated carbocycles. The number of rotatable bonds is 5. The minimum absolute atomic E-state index is 0.0493. The molecule has 4 aliphatic heterocycles. The van der Waals surface area contributed by atoms with Gasteiger partial charge in [-0.25, -0.2) is 8.78 Å². The number of hydrogen-bond donors (Lipinski definition) is 2. The second-order valence-electron chi connectivity index (χ2n) is 13.3. The number of thioether (sulfide) groups is 1. The SMILES string of the molecule is CCc1c(F)ccc2cc(O)cc(C3Cc4nc(OC)nc(N5CCCn6nc(C(=O)NC)c(Cl)c6C5)c4CS3)c12.FC1CC2CCCN2C1. The lowest BCUT2D eigenvalue weighted by Crippen LogP contribution is -2.27. The smallest absolute Gasteiger partial charge is 0.318 e. The van der Waals surface area contributed by atoms with E-state index < -0.39 is 6.17 Å². The highest BCUT2D eigenvalue weighted by molar-refractivity contribution is 7.98. The van der Waals surface area contributed by atoms with Crippen molar-refractivity contribution in [3.05, 3.63) is 68.9 Å². The maximum atomic E-state index is 14.8. The second-order valence-corrected chi connectivity index (χ2v) is 14.9. The third-order valence-electron chi connectivity index (χ3n) is 10.3. The van der Waals surface area contributed by atoms with Crippen LogP contribution in [-0.2, 0) is 31.7 Å². The van der Waals surface area contributed by atoms with E-state index in [0.717, 1.165) is 58.5 Å². The van der Waals surface area contributed by atoms with Gasteiger partial charge in [0.05, 0.1) is 30.1 Å². The number of phenolic OH excluding ortho intramolecular Hbond substituents is 1. The van der Waals surface area contributed by atoms with E-state index in [-0.39, 0.29) is 34.4 Å². The molecule has 3 unspecified atom stereocenters. The van der Waals surface area contributed by atoms with Gasteiger partial charge in [-0.2, -0.15) is 15.1 Å². The Morgan fingerprint density at radius 3 is 2.80 bits per heavy atom. The predicted octanol–water partition coefficient (Wildman–Crippen LogP) is 6.39. The molecule has 2 N–H and O–H groups in total. The van der Waals surface area contributed by atoms with Gasteiger partial charge in [-0.15, -0.1) is 11.8 Å². The molecule has 0 spiro atoms. The average Bonchev–Trinajstić information content (AvgIpc) is 3.74. The van der Waals surface area contributed by atoms with Gasteiger partial charge in [0.1, 0.15) is 23.6 Å². The summed E-state index contributed by atoms with van der Waals surface area (Å²) in [5.41, 5.74) is 4.39. The molecule has 10 nitrogen and oxygen atoms in total. The highest BCUT2D eigenvalue weighted by Gasteiger charge is 2.35. The molecule has 4 aliphatic rings. The number of fused-ring (bicyclic) bond motifs is 4. The first-order valence-electron chi connectivity index (χ1n) is 17.3. The van der Waals surface area contributed by atoms with Gasteiger partial charge in [0.25, 0.3) is 5.91 Å². The minimum Gasteiger partial charge on any atom is -0.508 e. The van der Waals surface area contributed by atoms with Crippen molar-refractivity contribution in [2.45, 2.75) is 81.8 Å². The minimum atomic E-state index is -0.518. The van der Waals surface area contributed by atoms with Crippen molar-refractivity contribution in [1.82, 2.24) is 30.0 Å². The summed E-state index contributed by atoms with van der Waals surface area (Å²) >= 11 is 8.37. The van der Waals surface area contributed by atoms with E-state index in [1.807, 2.05) is 6.92 Å². The molecule has 2 aromatic carbocycles. The molecular formula is C36H42ClF2N7O3S. The molecular weight excluding hydrogens is 684 g/mol. The quantitative estimate of drug-likeness (QED) is 0.242. The normalized spacial score (nSPS) is 21.6. The van der Waals surface area contributed by atoms with Crippen molar-refractivity contribution in [3.63, 3.8) is 0 Å². The van der Waals surface area contributed by atoms with Crippen molar-refractivity contribution in [2.24, 2.45) is 0 Å². The third kappa shape index (κ3) is 6.59. The number of alkyl halides is 1. The van der Waals surface area contributed by atoms with Crippen molar-refractivity contribution in [2.75, 3.05) is 38.7 Å². The number of methoxy groups -OCH3 is 1. The Morgan fingerprint density at radius 2 is 2.04 bits per heavy atom. The third-order valence-corrected chi connectivity index (χ3v) is 11.9. The summed E-state index contributed by atoms with van der Waals surface area (Å²) in [5.74, 6) is 0.989. The van der Waals surface area contributed by atoms with Crippen LogP contribution < -0.4 is 15.0 Å². The Balaban J connectivity index is 0.000000375. The average molecular weight is 726 g/mol. The number of nitrogens with one attached hydrogen (secondary N) is 1. The Labute approximate surface area is 299 Å². The number of aromatic nitrogens is 4. The molecule has 50 heavy (non-hydrogen) atoms. The first-order chi connectivity index (χ1) is 24.2. The second kappa shape index (κ2) is 14.5. The van der Waals surface area contributed by atoms with Crippen LogP contribution in [0.15, 0.2) is 24.3 Å². The number of aromatic hydroxyl groups is 1.